The number of hydrogen-bond donors (Lipinski definition) is 1. The molecule has 6 heteroatoms. The SMILES string of the molecule is O=C(c1ccccc1F)N1CCC(Nc2cnc3ccccc3n2)CC1. The highest BCUT2D eigenvalue weighted by molar-refractivity contribution is 5.94. The molecule has 1 aromatic heterocycles. The summed E-state index contributed by atoms with van der Waals surface area (Å²) in [6.07, 6.45) is 3.31. The number of aromatic nitrogens is 2. The number of piperidine rings is 1. The molecule has 2 aromatic carbocycles. The van der Waals surface area contributed by atoms with Crippen molar-refractivity contribution in [2.45, 2.75) is 18.9 Å². The Morgan fingerprint density at radius 3 is 2.50 bits per heavy atom. The minimum atomic E-state index is -0.468. The summed E-state index contributed by atoms with van der Waals surface area (Å²) < 4.78 is 13.8. The molecule has 132 valence electrons. The van der Waals surface area contributed by atoms with Crippen molar-refractivity contribution in [2.75, 3.05) is 18.4 Å². The van der Waals surface area contributed by atoms with Gasteiger partial charge < -0.3 is 10.2 Å². The molecule has 2 heterocycles. The first-order valence-corrected chi connectivity index (χ1v) is 8.73. The number of nitrogens with zero attached hydrogens (tertiary/aromatic N) is 3. The van der Waals surface area contributed by atoms with Crippen LogP contribution in [0.3, 0.4) is 0 Å². The number of hydrogen-bond acceptors (Lipinski definition) is 4. The second-order valence-corrected chi connectivity index (χ2v) is 6.43. The van der Waals surface area contributed by atoms with E-state index in [1.54, 1.807) is 23.2 Å². The highest BCUT2D eigenvalue weighted by Crippen LogP contribution is 2.19. The molecular weight excluding hydrogens is 331 g/mol. The van der Waals surface area contributed by atoms with Gasteiger partial charge in [0.25, 0.3) is 5.91 Å². The molecule has 3 aromatic rings. The molecule has 4 rings (SSSR count). The van der Waals surface area contributed by atoms with Gasteiger partial charge in [-0.2, -0.15) is 0 Å². The van der Waals surface area contributed by atoms with E-state index in [-0.39, 0.29) is 17.5 Å². The van der Waals surface area contributed by atoms with E-state index in [0.717, 1.165) is 29.7 Å². The topological polar surface area (TPSA) is 58.1 Å². The van der Waals surface area contributed by atoms with Crippen molar-refractivity contribution < 1.29 is 9.18 Å². The lowest BCUT2D eigenvalue weighted by molar-refractivity contribution is 0.0713. The third-order valence-corrected chi connectivity index (χ3v) is 4.69. The highest BCUT2D eigenvalue weighted by atomic mass is 19.1. The average molecular weight is 350 g/mol. The Morgan fingerprint density at radius 1 is 1.04 bits per heavy atom. The predicted molar refractivity (Wildman–Crippen MR) is 98.5 cm³/mol. The molecule has 0 spiro atoms. The van der Waals surface area contributed by atoms with E-state index in [1.165, 1.54) is 12.1 Å². The van der Waals surface area contributed by atoms with Gasteiger partial charge in [0.05, 0.1) is 22.8 Å². The van der Waals surface area contributed by atoms with Crippen molar-refractivity contribution in [1.82, 2.24) is 14.9 Å². The zero-order valence-electron chi connectivity index (χ0n) is 14.2. The summed E-state index contributed by atoms with van der Waals surface area (Å²) >= 11 is 0. The monoisotopic (exact) mass is 350 g/mol. The number of anilines is 1. The maximum atomic E-state index is 13.8. The van der Waals surface area contributed by atoms with Crippen LogP contribution in [0.2, 0.25) is 0 Å². The summed E-state index contributed by atoms with van der Waals surface area (Å²) in [4.78, 5) is 23.2. The number of rotatable bonds is 3. The molecule has 5 nitrogen and oxygen atoms in total. The van der Waals surface area contributed by atoms with E-state index in [2.05, 4.69) is 15.3 Å². The van der Waals surface area contributed by atoms with Crippen molar-refractivity contribution in [3.8, 4) is 0 Å². The van der Waals surface area contributed by atoms with Crippen LogP contribution in [0.4, 0.5) is 10.2 Å². The van der Waals surface area contributed by atoms with E-state index in [1.807, 2.05) is 24.3 Å². The molecule has 1 N–H and O–H groups in total. The Morgan fingerprint density at radius 2 is 1.73 bits per heavy atom. The van der Waals surface area contributed by atoms with Gasteiger partial charge in [-0.25, -0.2) is 9.37 Å². The molecule has 0 radical (unpaired) electrons. The number of amides is 1. The van der Waals surface area contributed by atoms with Crippen LogP contribution in [0.1, 0.15) is 23.2 Å². The first-order valence-electron chi connectivity index (χ1n) is 8.73. The third kappa shape index (κ3) is 3.35. The largest absolute Gasteiger partial charge is 0.366 e. The van der Waals surface area contributed by atoms with Gasteiger partial charge in [0, 0.05) is 19.1 Å². The highest BCUT2D eigenvalue weighted by Gasteiger charge is 2.25. The molecular formula is C20H19FN4O. The minimum absolute atomic E-state index is 0.138. The van der Waals surface area contributed by atoms with Gasteiger partial charge >= 0.3 is 0 Å². The molecule has 1 aliphatic heterocycles. The smallest absolute Gasteiger partial charge is 0.256 e. The summed E-state index contributed by atoms with van der Waals surface area (Å²) in [6, 6.07) is 14.1. The first kappa shape index (κ1) is 16.4. The Bertz CT molecular complexity index is 938. The molecule has 0 saturated carbocycles. The molecule has 26 heavy (non-hydrogen) atoms. The molecule has 0 bridgehead atoms. The fraction of sp³-hybridized carbons (Fsp3) is 0.250. The Labute approximate surface area is 150 Å². The second-order valence-electron chi connectivity index (χ2n) is 6.43. The molecule has 1 aliphatic rings. The quantitative estimate of drug-likeness (QED) is 0.786. The van der Waals surface area contributed by atoms with Crippen molar-refractivity contribution in [1.29, 1.82) is 0 Å². The van der Waals surface area contributed by atoms with Crippen LogP contribution in [0, 0.1) is 5.82 Å². The van der Waals surface area contributed by atoms with Gasteiger partial charge in [-0.3, -0.25) is 9.78 Å². The number of benzene rings is 2. The minimum Gasteiger partial charge on any atom is -0.366 e. The lowest BCUT2D eigenvalue weighted by atomic mass is 10.0. The summed E-state index contributed by atoms with van der Waals surface area (Å²) in [5, 5.41) is 3.40. The van der Waals surface area contributed by atoms with E-state index in [0.29, 0.717) is 13.1 Å². The van der Waals surface area contributed by atoms with Crippen LogP contribution in [0.25, 0.3) is 11.0 Å². The zero-order valence-corrected chi connectivity index (χ0v) is 14.2. The van der Waals surface area contributed by atoms with Crippen molar-refractivity contribution in [3.05, 3.63) is 66.1 Å². The van der Waals surface area contributed by atoms with Gasteiger partial charge in [-0.05, 0) is 37.1 Å². The molecule has 1 fully saturated rings. The third-order valence-electron chi connectivity index (χ3n) is 4.69. The Balaban J connectivity index is 1.38. The van der Waals surface area contributed by atoms with E-state index in [4.69, 9.17) is 0 Å². The zero-order chi connectivity index (χ0) is 17.9. The fourth-order valence-electron chi connectivity index (χ4n) is 3.27. The van der Waals surface area contributed by atoms with Crippen LogP contribution >= 0.6 is 0 Å². The fourth-order valence-corrected chi connectivity index (χ4v) is 3.27. The van der Waals surface area contributed by atoms with E-state index < -0.39 is 5.82 Å². The predicted octanol–water partition coefficient (Wildman–Crippen LogP) is 3.49. The van der Waals surface area contributed by atoms with Gasteiger partial charge in [0.1, 0.15) is 11.6 Å². The van der Waals surface area contributed by atoms with Crippen LogP contribution in [-0.2, 0) is 0 Å². The number of likely N-dealkylation sites (tertiary alicyclic amines) is 1. The van der Waals surface area contributed by atoms with Crippen LogP contribution in [-0.4, -0.2) is 39.9 Å². The number of nitrogens with one attached hydrogen (secondary N) is 1. The molecule has 0 aliphatic carbocycles. The first-order chi connectivity index (χ1) is 12.7. The maximum absolute atomic E-state index is 13.8. The van der Waals surface area contributed by atoms with Gasteiger partial charge in [0.15, 0.2) is 0 Å². The molecule has 0 unspecified atom stereocenters. The molecule has 1 saturated heterocycles. The number of para-hydroxylation sites is 2. The maximum Gasteiger partial charge on any atom is 0.256 e. The summed E-state index contributed by atoms with van der Waals surface area (Å²) in [7, 11) is 0. The van der Waals surface area contributed by atoms with Gasteiger partial charge in [-0.15, -0.1) is 0 Å². The van der Waals surface area contributed by atoms with Gasteiger partial charge in [0.2, 0.25) is 0 Å². The summed E-state index contributed by atoms with van der Waals surface area (Å²) in [5.74, 6) is 0.0267. The summed E-state index contributed by atoms with van der Waals surface area (Å²) in [6.45, 7) is 1.18. The molecule has 1 amide bonds. The average Bonchev–Trinajstić information content (AvgIpc) is 2.68. The lowest BCUT2D eigenvalue weighted by Gasteiger charge is -2.32. The molecule has 0 atom stereocenters. The standard InChI is InChI=1S/C20H19FN4O/c21-16-6-2-1-5-15(16)20(26)25-11-9-14(10-12-25)23-19-13-22-17-7-3-4-8-18(17)24-19/h1-8,13-14H,9-12H2,(H,23,24). The number of halogens is 1. The van der Waals surface area contributed by atoms with Crippen molar-refractivity contribution in [2.24, 2.45) is 0 Å². The van der Waals surface area contributed by atoms with Crippen molar-refractivity contribution >= 4 is 22.8 Å². The summed E-state index contributed by atoms with van der Waals surface area (Å²) in [5.41, 5.74) is 1.85. The van der Waals surface area contributed by atoms with E-state index in [9.17, 15) is 9.18 Å². The Hall–Kier alpha value is -3.02. The lowest BCUT2D eigenvalue weighted by Crippen LogP contribution is -2.42. The normalized spacial score (nSPS) is 15.2. The number of fused-ring (bicyclic) bond motifs is 1. The van der Waals surface area contributed by atoms with Crippen molar-refractivity contribution in [3.63, 3.8) is 0 Å². The van der Waals surface area contributed by atoms with Crippen LogP contribution in [0.15, 0.2) is 54.7 Å². The van der Waals surface area contributed by atoms with Gasteiger partial charge in [-0.1, -0.05) is 24.3 Å². The van der Waals surface area contributed by atoms with Crippen LogP contribution < -0.4 is 5.32 Å². The number of carbonyl (C=O) groups excluding carboxylic acids is 1. The van der Waals surface area contributed by atoms with Crippen LogP contribution in [0.5, 0.6) is 0 Å². The Kier molecular flexibility index (Phi) is 4.48. The number of carbonyl (C=O) groups is 1. The second kappa shape index (κ2) is 7.07. The van der Waals surface area contributed by atoms with E-state index >= 15 is 0 Å².